The number of aromatic amines is 1. The van der Waals surface area contributed by atoms with Gasteiger partial charge in [0.1, 0.15) is 5.69 Å². The summed E-state index contributed by atoms with van der Waals surface area (Å²) >= 11 is 3.70. The van der Waals surface area contributed by atoms with Crippen LogP contribution in [-0.2, 0) is 24.1 Å². The normalized spacial score (nSPS) is 12.2. The average molecular weight is 517 g/mol. The van der Waals surface area contributed by atoms with E-state index in [9.17, 15) is 9.59 Å². The van der Waals surface area contributed by atoms with E-state index in [-0.39, 0.29) is 11.5 Å². The third-order valence-corrected chi connectivity index (χ3v) is 7.30. The third-order valence-electron chi connectivity index (χ3n) is 6.45. The fourth-order valence-corrected chi connectivity index (χ4v) is 5.50. The lowest BCUT2D eigenvalue weighted by molar-refractivity contribution is 0.0513. The van der Waals surface area contributed by atoms with Crippen LogP contribution in [-0.4, -0.2) is 22.1 Å². The van der Waals surface area contributed by atoms with Gasteiger partial charge in [0.2, 0.25) is 0 Å². The highest BCUT2D eigenvalue weighted by Crippen LogP contribution is 2.41. The Morgan fingerprint density at radius 1 is 1.09 bits per heavy atom. The molecule has 0 radical (unpaired) electrons. The number of aromatic nitrogens is 2. The molecule has 1 aliphatic carbocycles. The van der Waals surface area contributed by atoms with Crippen molar-refractivity contribution in [2.45, 2.75) is 33.2 Å². The van der Waals surface area contributed by atoms with Crippen LogP contribution >= 0.6 is 15.9 Å². The number of hydrogen-bond acceptors (Lipinski definition) is 3. The largest absolute Gasteiger partial charge is 0.461 e. The van der Waals surface area contributed by atoms with Crippen molar-refractivity contribution >= 4 is 21.9 Å². The summed E-state index contributed by atoms with van der Waals surface area (Å²) in [5.41, 5.74) is 7.86. The number of rotatable bonds is 5. The summed E-state index contributed by atoms with van der Waals surface area (Å²) in [5, 5.41) is 0. The van der Waals surface area contributed by atoms with Gasteiger partial charge in [-0.15, -0.1) is 0 Å². The van der Waals surface area contributed by atoms with Crippen molar-refractivity contribution in [1.29, 1.82) is 0 Å². The summed E-state index contributed by atoms with van der Waals surface area (Å²) in [5.74, 6) is -0.373. The third kappa shape index (κ3) is 3.82. The molecule has 0 bridgehead atoms. The zero-order valence-electron chi connectivity index (χ0n) is 19.2. The fourth-order valence-electron chi connectivity index (χ4n) is 4.74. The number of carbonyl (C=O) groups is 1. The highest BCUT2D eigenvalue weighted by Gasteiger charge is 2.32. The summed E-state index contributed by atoms with van der Waals surface area (Å²) in [4.78, 5) is 29.4. The Bertz CT molecular complexity index is 1450. The van der Waals surface area contributed by atoms with Gasteiger partial charge in [0.05, 0.1) is 22.5 Å². The molecule has 2 aromatic carbocycles. The number of nitrogens with zero attached hydrogens (tertiary/aromatic N) is 1. The number of nitrogens with one attached hydrogen (secondary N) is 1. The van der Waals surface area contributed by atoms with Gasteiger partial charge in [-0.2, -0.15) is 0 Å². The van der Waals surface area contributed by atoms with Gasteiger partial charge in [-0.25, -0.2) is 4.79 Å². The second kappa shape index (κ2) is 9.11. The number of esters is 1. The molecule has 0 atom stereocenters. The van der Waals surface area contributed by atoms with Gasteiger partial charge in [0.15, 0.2) is 0 Å². The molecule has 6 heteroatoms. The Balaban J connectivity index is 1.73. The minimum atomic E-state index is -0.373. The fraction of sp³-hybridized carbons (Fsp3) is 0.214. The van der Waals surface area contributed by atoms with Gasteiger partial charge < -0.3 is 14.3 Å². The van der Waals surface area contributed by atoms with Gasteiger partial charge in [0.25, 0.3) is 5.56 Å². The number of H-pyrrole nitrogens is 1. The molecule has 5 nitrogen and oxygen atoms in total. The topological polar surface area (TPSA) is 64.1 Å². The lowest BCUT2D eigenvalue weighted by Gasteiger charge is -2.21. The van der Waals surface area contributed by atoms with E-state index in [0.717, 1.165) is 56.5 Å². The molecule has 0 spiro atoms. The summed E-state index contributed by atoms with van der Waals surface area (Å²) in [7, 11) is 0. The first-order valence-electron chi connectivity index (χ1n) is 11.4. The van der Waals surface area contributed by atoms with Crippen LogP contribution in [0.4, 0.5) is 0 Å². The molecule has 5 rings (SSSR count). The Hall–Kier alpha value is -3.38. The maximum Gasteiger partial charge on any atom is 0.356 e. The number of aryl methyl sites for hydroxylation is 2. The van der Waals surface area contributed by atoms with Crippen LogP contribution in [0.2, 0.25) is 0 Å². The molecule has 0 saturated heterocycles. The van der Waals surface area contributed by atoms with Crippen molar-refractivity contribution in [1.82, 2.24) is 9.55 Å². The second-order valence-corrected chi connectivity index (χ2v) is 9.29. The molecule has 0 fully saturated rings. The lowest BCUT2D eigenvalue weighted by atomic mass is 9.92. The minimum absolute atomic E-state index is 0.143. The Morgan fingerprint density at radius 3 is 2.56 bits per heavy atom. The smallest absolute Gasteiger partial charge is 0.356 e. The number of fused-ring (bicyclic) bond motifs is 3. The van der Waals surface area contributed by atoms with Crippen LogP contribution in [0, 0.1) is 6.92 Å². The zero-order valence-corrected chi connectivity index (χ0v) is 20.7. The molecule has 0 unspecified atom stereocenters. The van der Waals surface area contributed by atoms with Crippen LogP contribution in [0.15, 0.2) is 69.9 Å². The summed E-state index contributed by atoms with van der Waals surface area (Å²) in [6.45, 7) is 4.65. The quantitative estimate of drug-likeness (QED) is 0.335. The molecular formula is C28H25BrN2O3. The number of benzene rings is 2. The van der Waals surface area contributed by atoms with Crippen LogP contribution in [0.25, 0.3) is 22.5 Å². The first kappa shape index (κ1) is 22.4. The minimum Gasteiger partial charge on any atom is -0.461 e. The molecule has 0 amide bonds. The molecule has 1 aliphatic rings. The van der Waals surface area contributed by atoms with Gasteiger partial charge in [0, 0.05) is 12.1 Å². The zero-order chi connectivity index (χ0) is 23.8. The van der Waals surface area contributed by atoms with E-state index < -0.39 is 0 Å². The van der Waals surface area contributed by atoms with Crippen molar-refractivity contribution in [3.8, 4) is 22.5 Å². The maximum atomic E-state index is 13.2. The molecular weight excluding hydrogens is 492 g/mol. The number of hydrogen-bond donors (Lipinski definition) is 1. The number of ether oxygens (including phenoxy) is 1. The molecule has 1 N–H and O–H groups in total. The Labute approximate surface area is 206 Å². The molecule has 2 aromatic heterocycles. The molecule has 4 aromatic rings. The van der Waals surface area contributed by atoms with Crippen molar-refractivity contribution < 1.29 is 9.53 Å². The van der Waals surface area contributed by atoms with E-state index in [1.165, 1.54) is 0 Å². The standard InChI is InChI=1S/C28H25BrN2O3/c1-3-34-28(33)26-23(29)21-14-13-19-15-22(18-10-5-4-6-11-18)27(32)30-24(19)25(21)31(26)16-20-12-8-7-9-17(20)2/h4-12,15H,3,13-14,16H2,1-2H3,(H,30,32). The van der Waals surface area contributed by atoms with Gasteiger partial charge >= 0.3 is 5.97 Å². The predicted molar refractivity (Wildman–Crippen MR) is 137 cm³/mol. The van der Waals surface area contributed by atoms with Crippen LogP contribution in [0.1, 0.15) is 39.7 Å². The summed E-state index contributed by atoms with van der Waals surface area (Å²) in [6.07, 6.45) is 1.53. The van der Waals surface area contributed by atoms with Gasteiger partial charge in [-0.05, 0) is 76.5 Å². The van der Waals surface area contributed by atoms with Crippen molar-refractivity contribution in [3.63, 3.8) is 0 Å². The predicted octanol–water partition coefficient (Wildman–Crippen LogP) is 5.90. The van der Waals surface area contributed by atoms with Crippen molar-refractivity contribution in [2.24, 2.45) is 0 Å². The van der Waals surface area contributed by atoms with Crippen LogP contribution < -0.4 is 5.56 Å². The second-order valence-electron chi connectivity index (χ2n) is 8.50. The van der Waals surface area contributed by atoms with Gasteiger partial charge in [-0.1, -0.05) is 54.6 Å². The first-order valence-corrected chi connectivity index (χ1v) is 12.2. The highest BCUT2D eigenvalue weighted by atomic mass is 79.9. The maximum absolute atomic E-state index is 13.2. The lowest BCUT2D eigenvalue weighted by Crippen LogP contribution is -2.19. The summed E-state index contributed by atoms with van der Waals surface area (Å²) < 4.78 is 8.16. The number of halogens is 1. The Kier molecular flexibility index (Phi) is 6.00. The molecule has 34 heavy (non-hydrogen) atoms. The Morgan fingerprint density at radius 2 is 1.82 bits per heavy atom. The molecule has 0 aliphatic heterocycles. The highest BCUT2D eigenvalue weighted by molar-refractivity contribution is 9.10. The summed E-state index contributed by atoms with van der Waals surface area (Å²) in [6, 6.07) is 19.8. The van der Waals surface area contributed by atoms with E-state index in [1.807, 2.05) is 53.1 Å². The SMILES string of the molecule is CCOC(=O)c1c(Br)c2c(n1Cc1ccccc1C)-c1[nH]c(=O)c(-c3ccccc3)cc1CC2. The van der Waals surface area contributed by atoms with E-state index in [1.54, 1.807) is 6.92 Å². The van der Waals surface area contributed by atoms with Crippen molar-refractivity contribution in [2.75, 3.05) is 6.61 Å². The monoisotopic (exact) mass is 516 g/mol. The van der Waals surface area contributed by atoms with Gasteiger partial charge in [-0.3, -0.25) is 4.79 Å². The van der Waals surface area contributed by atoms with E-state index >= 15 is 0 Å². The van der Waals surface area contributed by atoms with E-state index in [2.05, 4.69) is 40.0 Å². The van der Waals surface area contributed by atoms with E-state index in [4.69, 9.17) is 4.74 Å². The van der Waals surface area contributed by atoms with Crippen LogP contribution in [0.5, 0.6) is 0 Å². The first-order chi connectivity index (χ1) is 16.5. The van der Waals surface area contributed by atoms with Crippen LogP contribution in [0.3, 0.4) is 0 Å². The van der Waals surface area contributed by atoms with E-state index in [0.29, 0.717) is 24.4 Å². The van der Waals surface area contributed by atoms with Crippen molar-refractivity contribution in [3.05, 3.63) is 103 Å². The number of pyridine rings is 1. The molecule has 0 saturated carbocycles. The molecule has 2 heterocycles. The number of carbonyl (C=O) groups excluding carboxylic acids is 1. The molecule has 172 valence electrons. The average Bonchev–Trinajstić information content (AvgIpc) is 3.12.